The summed E-state index contributed by atoms with van der Waals surface area (Å²) in [6.07, 6.45) is 3.67. The lowest BCUT2D eigenvalue weighted by molar-refractivity contribution is 0.0545. The van der Waals surface area contributed by atoms with E-state index < -0.39 is 23.0 Å². The number of benzene rings is 6. The van der Waals surface area contributed by atoms with Crippen molar-refractivity contribution in [3.63, 3.8) is 0 Å². The van der Waals surface area contributed by atoms with E-state index in [0.29, 0.717) is 35.0 Å². The molecule has 0 fully saturated rings. The Bertz CT molecular complexity index is 4170. The highest BCUT2D eigenvalue weighted by Crippen LogP contribution is 2.35. The average molecular weight is 1190 g/mol. The molecule has 88 heavy (non-hydrogen) atoms. The van der Waals surface area contributed by atoms with Gasteiger partial charge in [-0.05, 0) is 155 Å². The molecule has 4 aromatic heterocycles. The number of amides is 2. The van der Waals surface area contributed by atoms with Gasteiger partial charge < -0.3 is 35.8 Å². The summed E-state index contributed by atoms with van der Waals surface area (Å²) in [6.45, 7) is 17.5. The molecular weight excluding hydrogens is 1100 g/mol. The number of carbonyl (C=O) groups is 2. The molecule has 0 atom stereocenters. The third-order valence-corrected chi connectivity index (χ3v) is 15.0. The van der Waals surface area contributed by atoms with Crippen molar-refractivity contribution >= 4 is 56.4 Å². The van der Waals surface area contributed by atoms with Crippen molar-refractivity contribution in [2.45, 2.75) is 74.6 Å². The Hall–Kier alpha value is -9.42. The number of anilines is 4. The largest absolute Gasteiger partial charge is 0.389 e. The topological polar surface area (TPSA) is 180 Å². The fourth-order valence-corrected chi connectivity index (χ4v) is 10.7. The lowest BCUT2D eigenvalue weighted by Gasteiger charge is -2.23. The van der Waals surface area contributed by atoms with Crippen LogP contribution in [0.15, 0.2) is 180 Å². The van der Waals surface area contributed by atoms with Crippen LogP contribution in [0.4, 0.5) is 23.0 Å². The van der Waals surface area contributed by atoms with Gasteiger partial charge in [-0.1, -0.05) is 125 Å². The number of hydrogen-bond acceptors (Lipinski definition) is 11. The molecule has 17 nitrogen and oxygen atoms in total. The Balaban J connectivity index is 0.000000225. The van der Waals surface area contributed by atoms with Crippen LogP contribution >= 0.6 is 0 Å². The van der Waals surface area contributed by atoms with Crippen LogP contribution in [0, 0.1) is 19.3 Å². The summed E-state index contributed by atoms with van der Waals surface area (Å²) < 4.78 is 6.64. The molecule has 0 radical (unpaired) electrons. The number of hydrogen-bond donors (Lipinski definition) is 4. The second-order valence-corrected chi connectivity index (χ2v) is 24.4. The molecule has 4 N–H and O–H groups in total. The minimum Gasteiger partial charge on any atom is -0.389 e. The lowest BCUT2D eigenvalue weighted by atomic mass is 9.97. The highest BCUT2D eigenvalue weighted by atomic mass is 16.3. The molecule has 0 aliphatic heterocycles. The van der Waals surface area contributed by atoms with E-state index in [-0.39, 0.29) is 36.1 Å². The summed E-state index contributed by atoms with van der Waals surface area (Å²) in [5, 5.41) is 24.2. The molecule has 17 heteroatoms. The standard InChI is InChI=1S/C36H42N6O2.C34H38N6O3.CH4/c1-25-32(35(44)42(28-12-9-8-10-13-28)41(25)24-36(2,3)4)34(43)38-27-18-16-26(17-19-27)29-14-11-15-31-30(29)20-21-37-33(31)40(7)23-22-39(5)6;1-23-30(33(42)40(26-10-7-6-8-11-26)39(23)22-34(2,3)43)32(41)37-25-16-14-24(15-17-25)27-12-9-13-29-28(27)18-19-35-31(29)36-20-21-38(4)5;/h8-21H,22-24H2,1-7H3,(H,38,43);6-19,43H,20-22H2,1-5H3,(H,35,36)(H,37,41);1H4. The van der Waals surface area contributed by atoms with Gasteiger partial charge in [0.05, 0.1) is 34.9 Å². The van der Waals surface area contributed by atoms with Crippen LogP contribution in [0.2, 0.25) is 0 Å². The Morgan fingerprint density at radius 1 is 0.511 bits per heavy atom. The van der Waals surface area contributed by atoms with Crippen LogP contribution in [0.5, 0.6) is 0 Å². The molecule has 2 amide bonds. The molecule has 0 aliphatic rings. The number of likely N-dealkylation sites (N-methyl/N-ethyl adjacent to an activating group) is 3. The van der Waals surface area contributed by atoms with Crippen molar-refractivity contribution in [1.82, 2.24) is 38.5 Å². The van der Waals surface area contributed by atoms with Crippen molar-refractivity contribution in [2.24, 2.45) is 5.41 Å². The summed E-state index contributed by atoms with van der Waals surface area (Å²) >= 11 is 0. The number of fused-ring (bicyclic) bond motifs is 2. The van der Waals surface area contributed by atoms with Crippen LogP contribution in [0.1, 0.15) is 74.1 Å². The number of nitrogens with one attached hydrogen (secondary N) is 3. The predicted molar refractivity (Wildman–Crippen MR) is 361 cm³/mol. The normalized spacial score (nSPS) is 11.6. The molecule has 0 spiro atoms. The van der Waals surface area contributed by atoms with Crippen molar-refractivity contribution in [1.29, 1.82) is 0 Å². The number of aromatic nitrogens is 6. The molecule has 0 aliphatic carbocycles. The first-order valence-corrected chi connectivity index (χ1v) is 29.3. The third-order valence-electron chi connectivity index (χ3n) is 15.0. The molecule has 4 heterocycles. The summed E-state index contributed by atoms with van der Waals surface area (Å²) in [5.41, 5.74) is 6.02. The number of nitrogens with zero attached hydrogens (tertiary/aromatic N) is 9. The summed E-state index contributed by atoms with van der Waals surface area (Å²) in [4.78, 5) is 70.1. The van der Waals surface area contributed by atoms with Crippen LogP contribution < -0.4 is 32.0 Å². The fraction of sp³-hybridized carbons (Fsp3) is 0.296. The van der Waals surface area contributed by atoms with Gasteiger partial charge in [0.1, 0.15) is 22.8 Å². The highest BCUT2D eigenvalue weighted by Gasteiger charge is 2.29. The second-order valence-electron chi connectivity index (χ2n) is 24.4. The number of pyridine rings is 2. The van der Waals surface area contributed by atoms with Gasteiger partial charge in [0.15, 0.2) is 0 Å². The van der Waals surface area contributed by atoms with Crippen LogP contribution in [0.3, 0.4) is 0 Å². The van der Waals surface area contributed by atoms with E-state index in [1.54, 1.807) is 42.3 Å². The van der Waals surface area contributed by atoms with E-state index in [4.69, 9.17) is 0 Å². The number of aliphatic hydroxyl groups is 1. The van der Waals surface area contributed by atoms with Gasteiger partial charge in [-0.3, -0.25) is 28.5 Å². The molecule has 0 bridgehead atoms. The van der Waals surface area contributed by atoms with Gasteiger partial charge in [0.2, 0.25) is 0 Å². The van der Waals surface area contributed by atoms with E-state index in [1.807, 2.05) is 153 Å². The van der Waals surface area contributed by atoms with E-state index in [9.17, 15) is 24.3 Å². The summed E-state index contributed by atoms with van der Waals surface area (Å²) in [5.74, 6) is 0.876. The lowest BCUT2D eigenvalue weighted by Crippen LogP contribution is -2.32. The average Bonchev–Trinajstić information content (AvgIpc) is 2.57. The quantitative estimate of drug-likeness (QED) is 0.0605. The van der Waals surface area contributed by atoms with E-state index in [0.717, 1.165) is 87.3 Å². The summed E-state index contributed by atoms with van der Waals surface area (Å²) in [7, 11) is 10.3. The minimum absolute atomic E-state index is 0. The van der Waals surface area contributed by atoms with Crippen LogP contribution in [-0.4, -0.2) is 122 Å². The van der Waals surface area contributed by atoms with Crippen LogP contribution in [0.25, 0.3) is 55.2 Å². The van der Waals surface area contributed by atoms with Gasteiger partial charge >= 0.3 is 0 Å². The predicted octanol–water partition coefficient (Wildman–Crippen LogP) is 12.3. The van der Waals surface area contributed by atoms with Gasteiger partial charge in [-0.15, -0.1) is 0 Å². The zero-order valence-corrected chi connectivity index (χ0v) is 52.0. The smallest absolute Gasteiger partial charge is 0.284 e. The molecule has 458 valence electrons. The van der Waals surface area contributed by atoms with Gasteiger partial charge in [0, 0.05) is 74.3 Å². The van der Waals surface area contributed by atoms with Gasteiger partial charge in [0.25, 0.3) is 22.9 Å². The van der Waals surface area contributed by atoms with Crippen molar-refractivity contribution in [3.05, 3.63) is 213 Å². The van der Waals surface area contributed by atoms with Crippen LogP contribution in [-0.2, 0) is 13.1 Å². The Kier molecular flexibility index (Phi) is 20.2. The fourth-order valence-electron chi connectivity index (χ4n) is 10.7. The summed E-state index contributed by atoms with van der Waals surface area (Å²) in [6, 6.07) is 50.4. The number of carbonyl (C=O) groups excluding carboxylic acids is 2. The molecule has 0 saturated carbocycles. The maximum absolute atomic E-state index is 13.7. The van der Waals surface area contributed by atoms with E-state index in [2.05, 4.69) is 113 Å². The van der Waals surface area contributed by atoms with Crippen molar-refractivity contribution < 1.29 is 14.7 Å². The second kappa shape index (κ2) is 27.5. The van der Waals surface area contributed by atoms with E-state index >= 15 is 0 Å². The zero-order valence-electron chi connectivity index (χ0n) is 52.0. The molecule has 0 saturated heterocycles. The third kappa shape index (κ3) is 14.9. The molecule has 10 rings (SSSR count). The number of rotatable bonds is 19. The van der Waals surface area contributed by atoms with Gasteiger partial charge in [-0.25, -0.2) is 19.3 Å². The Labute approximate surface area is 516 Å². The zero-order chi connectivity index (χ0) is 62.3. The Morgan fingerprint density at radius 3 is 1.41 bits per heavy atom. The van der Waals surface area contributed by atoms with Crippen molar-refractivity contribution in [3.8, 4) is 33.6 Å². The maximum atomic E-state index is 13.7. The van der Waals surface area contributed by atoms with Gasteiger partial charge in [-0.2, -0.15) is 0 Å². The van der Waals surface area contributed by atoms with Crippen molar-refractivity contribution in [2.75, 3.05) is 82.3 Å². The molecule has 0 unspecified atom stereocenters. The Morgan fingerprint density at radius 2 is 0.955 bits per heavy atom. The van der Waals surface area contributed by atoms with E-state index in [1.165, 1.54) is 4.68 Å². The first-order valence-electron chi connectivity index (χ1n) is 29.3. The molecule has 10 aromatic rings. The monoisotopic (exact) mass is 1180 g/mol. The minimum atomic E-state index is -1.10. The molecule has 6 aromatic carbocycles. The maximum Gasteiger partial charge on any atom is 0.284 e. The first-order chi connectivity index (χ1) is 41.5. The number of para-hydroxylation sites is 2. The SMILES string of the molecule is C.Cc1c(C(=O)Nc2ccc(-c3cccc4c(N(C)CCN(C)C)nccc34)cc2)c(=O)n(-c2ccccc2)n1CC(C)(C)C.Cc1c(C(=O)Nc2ccc(-c3cccc4c(NCCN(C)C)nccc34)cc2)c(=O)n(-c2ccccc2)n1CC(C)(C)O. The highest BCUT2D eigenvalue weighted by molar-refractivity contribution is 6.07. The first kappa shape index (κ1) is 64.6. The molecular formula is C71H84N12O5.